The molecule has 3 aromatic heterocycles. The third kappa shape index (κ3) is 10.7. The van der Waals surface area contributed by atoms with E-state index >= 15 is 0 Å². The van der Waals surface area contributed by atoms with E-state index in [0.717, 1.165) is 53.0 Å². The minimum atomic E-state index is -0.890. The van der Waals surface area contributed by atoms with E-state index in [2.05, 4.69) is 15.4 Å². The number of carboxylic acid groups (broad SMARTS) is 1. The molecule has 290 valence electrons. The Labute approximate surface area is 321 Å². The number of rotatable bonds is 17. The Morgan fingerprint density at radius 2 is 1.62 bits per heavy atom. The number of ether oxygens (including phenoxy) is 1. The summed E-state index contributed by atoms with van der Waals surface area (Å²) in [4.78, 5) is 43.6. The van der Waals surface area contributed by atoms with Gasteiger partial charge in [-0.05, 0) is 73.4 Å². The van der Waals surface area contributed by atoms with E-state index in [9.17, 15) is 14.4 Å². The van der Waals surface area contributed by atoms with Crippen molar-refractivity contribution in [2.45, 2.75) is 78.6 Å². The van der Waals surface area contributed by atoms with Crippen LogP contribution in [0, 0.1) is 6.92 Å². The van der Waals surface area contributed by atoms with Crippen molar-refractivity contribution in [3.05, 3.63) is 125 Å². The number of carboxylic acids is 1. The molecule has 6 aromatic rings. The number of fused-ring (bicyclic) bond motifs is 3. The van der Waals surface area contributed by atoms with Crippen LogP contribution < -0.4 is 11.1 Å². The molecule has 0 saturated carbocycles. The lowest BCUT2D eigenvalue weighted by Gasteiger charge is -2.25. The molecule has 2 atom stereocenters. The van der Waals surface area contributed by atoms with Gasteiger partial charge in [0.2, 0.25) is 5.78 Å². The van der Waals surface area contributed by atoms with E-state index in [1.165, 1.54) is 0 Å². The number of hydrogen-bond donors (Lipinski definition) is 3. The molecule has 0 unspecified atom stereocenters. The number of nitrogens with one attached hydrogen (secondary N) is 1. The highest BCUT2D eigenvalue weighted by Gasteiger charge is 2.25. The molecule has 0 saturated heterocycles. The molecule has 55 heavy (non-hydrogen) atoms. The molecule has 4 N–H and O–H groups in total. The average Bonchev–Trinajstić information content (AvgIpc) is 3.92. The van der Waals surface area contributed by atoms with Gasteiger partial charge in [0.1, 0.15) is 18.4 Å². The smallest absolute Gasteiger partial charge is 0.338 e. The molecule has 0 fully saturated rings. The number of amides is 1. The second-order valence-electron chi connectivity index (χ2n) is 13.4. The first-order valence-corrected chi connectivity index (χ1v) is 18.8. The Hall–Kier alpha value is -5.79. The minimum absolute atomic E-state index is 0.0722. The van der Waals surface area contributed by atoms with E-state index in [0.29, 0.717) is 49.5 Å². The van der Waals surface area contributed by atoms with E-state index in [1.54, 1.807) is 27.5 Å². The number of furan rings is 1. The Balaban J connectivity index is 0.000000266. The van der Waals surface area contributed by atoms with Crippen molar-refractivity contribution < 1.29 is 28.6 Å². The fourth-order valence-electron chi connectivity index (χ4n) is 6.40. The van der Waals surface area contributed by atoms with Gasteiger partial charge < -0.3 is 30.2 Å². The number of esters is 1. The van der Waals surface area contributed by atoms with Crippen LogP contribution in [0.3, 0.4) is 0 Å². The summed E-state index contributed by atoms with van der Waals surface area (Å²) in [6.45, 7) is 10.2. The number of nitrogens with two attached hydrogens (primary N) is 1. The molecule has 3 heterocycles. The number of para-hydroxylation sites is 2. The number of aliphatic carboxylic acids is 1. The SMILES string of the molecule is CCCN(CCC)C(=O)c1cc(C)cc(C(=O)O[C@H](CNCc2ccccc2)[C@@H](N)Cc2ccco2)c1.CCc1nc2n(CC(=O)O)c3ccccc3n2n1. The zero-order valence-corrected chi connectivity index (χ0v) is 32.0. The second-order valence-corrected chi connectivity index (χ2v) is 13.4. The molecule has 0 aliphatic rings. The van der Waals surface area contributed by atoms with Gasteiger partial charge in [0, 0.05) is 50.6 Å². The zero-order chi connectivity index (χ0) is 39.3. The maximum absolute atomic E-state index is 13.3. The maximum atomic E-state index is 13.3. The summed E-state index contributed by atoms with van der Waals surface area (Å²) in [6.07, 6.45) is 3.90. The van der Waals surface area contributed by atoms with Gasteiger partial charge in [-0.2, -0.15) is 9.50 Å². The summed E-state index contributed by atoms with van der Waals surface area (Å²) in [7, 11) is 0. The molecule has 6 rings (SSSR count). The number of imidazole rings is 1. The van der Waals surface area contributed by atoms with Crippen LogP contribution in [0.1, 0.15) is 77.0 Å². The fourth-order valence-corrected chi connectivity index (χ4v) is 6.40. The predicted octanol–water partition coefficient (Wildman–Crippen LogP) is 6.07. The molecule has 1 amide bonds. The lowest BCUT2D eigenvalue weighted by molar-refractivity contribution is -0.137. The van der Waals surface area contributed by atoms with Crippen LogP contribution in [0.2, 0.25) is 0 Å². The predicted molar refractivity (Wildman–Crippen MR) is 211 cm³/mol. The summed E-state index contributed by atoms with van der Waals surface area (Å²) in [6, 6.07) is 25.9. The van der Waals surface area contributed by atoms with Crippen molar-refractivity contribution >= 4 is 34.7 Å². The number of hydrogen-bond acceptors (Lipinski definition) is 9. The first-order chi connectivity index (χ1) is 26.6. The van der Waals surface area contributed by atoms with Gasteiger partial charge in [0.15, 0.2) is 5.82 Å². The minimum Gasteiger partial charge on any atom is -0.480 e. The Bertz CT molecular complexity index is 2150. The molecule has 0 radical (unpaired) electrons. The highest BCUT2D eigenvalue weighted by Crippen LogP contribution is 2.20. The number of aryl methyl sites for hydroxylation is 2. The number of aromatic nitrogens is 4. The third-order valence-corrected chi connectivity index (χ3v) is 8.99. The normalized spacial score (nSPS) is 12.2. The topological polar surface area (TPSA) is 170 Å². The first-order valence-electron chi connectivity index (χ1n) is 18.8. The standard InChI is InChI=1S/C30H39N3O4.C12H12N4O2/c1-4-13-33(14-5-2)29(34)24-16-22(3)17-25(18-24)30(35)37-28(27(31)19-26-12-9-15-36-26)21-32-20-23-10-7-6-8-11-23;1-2-10-13-12-15(7-11(17)18)8-5-3-4-6-9(8)16(12)14-10/h6-12,15-18,27-28,32H,4-5,13-14,19-21,31H2,1-3H3;3-6H,2,7H2,1H3,(H,17,18)/t27-,28+;/m0./s1. The van der Waals surface area contributed by atoms with Gasteiger partial charge in [-0.1, -0.05) is 63.2 Å². The van der Waals surface area contributed by atoms with Crippen LogP contribution in [-0.2, 0) is 35.5 Å². The highest BCUT2D eigenvalue weighted by atomic mass is 16.5. The number of benzene rings is 3. The van der Waals surface area contributed by atoms with Gasteiger partial charge in [0.25, 0.3) is 5.91 Å². The second kappa shape index (κ2) is 19.5. The quantitative estimate of drug-likeness (QED) is 0.0931. The van der Waals surface area contributed by atoms with E-state index in [-0.39, 0.29) is 12.5 Å². The summed E-state index contributed by atoms with van der Waals surface area (Å²) in [5, 5.41) is 16.7. The van der Waals surface area contributed by atoms with E-state index in [1.807, 2.05) is 105 Å². The van der Waals surface area contributed by atoms with Crippen molar-refractivity contribution in [1.29, 1.82) is 0 Å². The molecule has 0 aliphatic carbocycles. The van der Waals surface area contributed by atoms with Crippen molar-refractivity contribution in [2.24, 2.45) is 5.73 Å². The van der Waals surface area contributed by atoms with Crippen molar-refractivity contribution in [2.75, 3.05) is 19.6 Å². The molecular weight excluding hydrogens is 699 g/mol. The zero-order valence-electron chi connectivity index (χ0n) is 32.0. The van der Waals surface area contributed by atoms with Crippen LogP contribution >= 0.6 is 0 Å². The Morgan fingerprint density at radius 1 is 0.927 bits per heavy atom. The molecule has 0 spiro atoms. The van der Waals surface area contributed by atoms with Gasteiger partial charge in [-0.15, -0.1) is 5.10 Å². The van der Waals surface area contributed by atoms with Crippen molar-refractivity contribution in [3.63, 3.8) is 0 Å². The Morgan fingerprint density at radius 3 is 2.27 bits per heavy atom. The highest BCUT2D eigenvalue weighted by molar-refractivity contribution is 5.98. The van der Waals surface area contributed by atoms with Gasteiger partial charge in [-0.25, -0.2) is 4.79 Å². The molecule has 0 aliphatic heterocycles. The van der Waals surface area contributed by atoms with Gasteiger partial charge >= 0.3 is 11.9 Å². The van der Waals surface area contributed by atoms with Crippen LogP contribution in [0.4, 0.5) is 0 Å². The summed E-state index contributed by atoms with van der Waals surface area (Å²) >= 11 is 0. The third-order valence-electron chi connectivity index (χ3n) is 8.99. The summed E-state index contributed by atoms with van der Waals surface area (Å²) < 4.78 is 14.8. The van der Waals surface area contributed by atoms with E-state index in [4.69, 9.17) is 20.0 Å². The largest absolute Gasteiger partial charge is 0.480 e. The summed E-state index contributed by atoms with van der Waals surface area (Å²) in [5.41, 5.74) is 11.0. The van der Waals surface area contributed by atoms with Gasteiger partial charge in [-0.3, -0.25) is 14.2 Å². The van der Waals surface area contributed by atoms with Crippen molar-refractivity contribution in [1.82, 2.24) is 29.4 Å². The Kier molecular flexibility index (Phi) is 14.3. The molecule has 13 nitrogen and oxygen atoms in total. The number of carbonyl (C=O) groups excluding carboxylic acids is 2. The van der Waals surface area contributed by atoms with Gasteiger partial charge in [0.05, 0.1) is 22.9 Å². The number of carbonyl (C=O) groups is 3. The average molecular weight is 750 g/mol. The maximum Gasteiger partial charge on any atom is 0.338 e. The number of nitrogens with zero attached hydrogens (tertiary/aromatic N) is 5. The summed E-state index contributed by atoms with van der Waals surface area (Å²) in [5.74, 6) is 0.561. The van der Waals surface area contributed by atoms with Crippen molar-refractivity contribution in [3.8, 4) is 0 Å². The van der Waals surface area contributed by atoms with Crippen LogP contribution in [0.15, 0.2) is 95.6 Å². The molecule has 0 bridgehead atoms. The van der Waals surface area contributed by atoms with E-state index < -0.39 is 24.1 Å². The van der Waals surface area contributed by atoms with Crippen LogP contribution in [0.5, 0.6) is 0 Å². The molecule has 13 heteroatoms. The fraction of sp³-hybridized carbons (Fsp3) is 0.357. The lowest BCUT2D eigenvalue weighted by atomic mass is 10.0. The monoisotopic (exact) mass is 749 g/mol. The van der Waals surface area contributed by atoms with Crippen LogP contribution in [-0.4, -0.2) is 78.8 Å². The molecular formula is C42H51N7O6. The first kappa shape index (κ1) is 40.4. The lowest BCUT2D eigenvalue weighted by Crippen LogP contribution is -2.45. The molecule has 3 aromatic carbocycles. The van der Waals surface area contributed by atoms with Crippen LogP contribution in [0.25, 0.3) is 16.8 Å².